The van der Waals surface area contributed by atoms with Crippen molar-refractivity contribution in [3.8, 4) is 0 Å². The Balaban J connectivity index is 1.55. The number of nitrogens with two attached hydrogens (primary N) is 1. The lowest BCUT2D eigenvalue weighted by molar-refractivity contribution is 0.227. The highest BCUT2D eigenvalue weighted by Gasteiger charge is 2.30. The van der Waals surface area contributed by atoms with Crippen LogP contribution in [0.5, 0.6) is 0 Å². The standard InChI is InChI=1S/C16H24FN3/c17-15-6-2-1-5-14(15)16(18)12-19-10-7-13(11-19)20-8-3-4-9-20/h1-2,5-6,13,16H,3-4,7-12,18H2. The maximum atomic E-state index is 13.7. The average molecular weight is 277 g/mol. The molecule has 2 atom stereocenters. The topological polar surface area (TPSA) is 32.5 Å². The van der Waals surface area contributed by atoms with Gasteiger partial charge < -0.3 is 5.73 Å². The fourth-order valence-electron chi connectivity index (χ4n) is 3.54. The maximum absolute atomic E-state index is 13.7. The SMILES string of the molecule is NC(CN1CCC(N2CCCC2)C1)c1ccccc1F. The normalized spacial score (nSPS) is 26.2. The van der Waals surface area contributed by atoms with E-state index < -0.39 is 0 Å². The first kappa shape index (κ1) is 14.0. The van der Waals surface area contributed by atoms with E-state index in [0.29, 0.717) is 11.6 Å². The molecule has 20 heavy (non-hydrogen) atoms. The highest BCUT2D eigenvalue weighted by Crippen LogP contribution is 2.23. The first-order valence-corrected chi connectivity index (χ1v) is 7.70. The molecule has 2 N–H and O–H groups in total. The van der Waals surface area contributed by atoms with Crippen LogP contribution in [0.3, 0.4) is 0 Å². The van der Waals surface area contributed by atoms with Gasteiger partial charge in [-0.05, 0) is 45.0 Å². The highest BCUT2D eigenvalue weighted by molar-refractivity contribution is 5.21. The fraction of sp³-hybridized carbons (Fsp3) is 0.625. The third-order valence-corrected chi connectivity index (χ3v) is 4.66. The molecule has 0 saturated carbocycles. The van der Waals surface area contributed by atoms with Gasteiger partial charge in [0.25, 0.3) is 0 Å². The van der Waals surface area contributed by atoms with E-state index in [2.05, 4.69) is 9.80 Å². The van der Waals surface area contributed by atoms with Crippen molar-refractivity contribution >= 4 is 0 Å². The predicted molar refractivity (Wildman–Crippen MR) is 79.0 cm³/mol. The molecule has 1 aromatic rings. The van der Waals surface area contributed by atoms with Crippen LogP contribution in [0.2, 0.25) is 0 Å². The van der Waals surface area contributed by atoms with Gasteiger partial charge in [0.2, 0.25) is 0 Å². The molecule has 3 nitrogen and oxygen atoms in total. The Morgan fingerprint density at radius 1 is 1.20 bits per heavy atom. The van der Waals surface area contributed by atoms with Crippen LogP contribution in [-0.2, 0) is 0 Å². The second-order valence-electron chi connectivity index (χ2n) is 6.07. The van der Waals surface area contributed by atoms with E-state index in [0.717, 1.165) is 19.6 Å². The Morgan fingerprint density at radius 3 is 2.70 bits per heavy atom. The highest BCUT2D eigenvalue weighted by atomic mass is 19.1. The Hall–Kier alpha value is -0.970. The Kier molecular flexibility index (Phi) is 4.34. The van der Waals surface area contributed by atoms with Crippen molar-refractivity contribution in [3.05, 3.63) is 35.6 Å². The minimum Gasteiger partial charge on any atom is -0.323 e. The van der Waals surface area contributed by atoms with E-state index in [4.69, 9.17) is 5.73 Å². The van der Waals surface area contributed by atoms with Crippen molar-refractivity contribution in [2.75, 3.05) is 32.7 Å². The number of benzene rings is 1. The third kappa shape index (κ3) is 3.03. The van der Waals surface area contributed by atoms with E-state index in [1.807, 2.05) is 6.07 Å². The van der Waals surface area contributed by atoms with Gasteiger partial charge in [-0.1, -0.05) is 18.2 Å². The minimum absolute atomic E-state index is 0.185. The summed E-state index contributed by atoms with van der Waals surface area (Å²) in [6.45, 7) is 5.42. The van der Waals surface area contributed by atoms with Gasteiger partial charge in [-0.3, -0.25) is 9.80 Å². The van der Waals surface area contributed by atoms with Gasteiger partial charge in [-0.25, -0.2) is 4.39 Å². The lowest BCUT2D eigenvalue weighted by Crippen LogP contribution is -2.37. The number of rotatable bonds is 4. The molecule has 0 amide bonds. The van der Waals surface area contributed by atoms with Crippen LogP contribution < -0.4 is 5.73 Å². The number of likely N-dealkylation sites (tertiary alicyclic amines) is 2. The molecule has 0 radical (unpaired) electrons. The molecular formula is C16H24FN3. The monoisotopic (exact) mass is 277 g/mol. The summed E-state index contributed by atoms with van der Waals surface area (Å²) in [4.78, 5) is 4.99. The molecule has 0 aliphatic carbocycles. The average Bonchev–Trinajstić information content (AvgIpc) is 3.09. The molecule has 2 heterocycles. The molecule has 4 heteroatoms. The largest absolute Gasteiger partial charge is 0.323 e. The maximum Gasteiger partial charge on any atom is 0.128 e. The zero-order chi connectivity index (χ0) is 13.9. The number of nitrogens with zero attached hydrogens (tertiary/aromatic N) is 2. The zero-order valence-corrected chi connectivity index (χ0v) is 12.0. The van der Waals surface area contributed by atoms with Gasteiger partial charge in [0.1, 0.15) is 5.82 Å². The summed E-state index contributed by atoms with van der Waals surface area (Å²) >= 11 is 0. The molecule has 2 saturated heterocycles. The second kappa shape index (κ2) is 6.20. The Labute approximate surface area is 120 Å². The minimum atomic E-state index is -0.228. The summed E-state index contributed by atoms with van der Waals surface area (Å²) in [6.07, 6.45) is 3.90. The van der Waals surface area contributed by atoms with Crippen molar-refractivity contribution in [1.82, 2.24) is 9.80 Å². The molecule has 2 aliphatic heterocycles. The Bertz CT molecular complexity index is 445. The first-order valence-electron chi connectivity index (χ1n) is 7.70. The smallest absolute Gasteiger partial charge is 0.128 e. The van der Waals surface area contributed by atoms with Crippen molar-refractivity contribution in [2.45, 2.75) is 31.3 Å². The van der Waals surface area contributed by atoms with Gasteiger partial charge in [-0.2, -0.15) is 0 Å². The quantitative estimate of drug-likeness (QED) is 0.913. The summed E-state index contributed by atoms with van der Waals surface area (Å²) in [5.74, 6) is -0.185. The van der Waals surface area contributed by atoms with Crippen molar-refractivity contribution in [2.24, 2.45) is 5.73 Å². The van der Waals surface area contributed by atoms with E-state index in [1.165, 1.54) is 38.4 Å². The van der Waals surface area contributed by atoms with Gasteiger partial charge in [0.05, 0.1) is 0 Å². The molecule has 2 unspecified atom stereocenters. The number of halogens is 1. The number of hydrogen-bond acceptors (Lipinski definition) is 3. The summed E-state index contributed by atoms with van der Waals surface area (Å²) in [6, 6.07) is 7.32. The fourth-order valence-corrected chi connectivity index (χ4v) is 3.54. The van der Waals surface area contributed by atoms with E-state index >= 15 is 0 Å². The predicted octanol–water partition coefficient (Wildman–Crippen LogP) is 2.00. The van der Waals surface area contributed by atoms with Crippen LogP contribution in [0, 0.1) is 5.82 Å². The summed E-state index contributed by atoms with van der Waals surface area (Å²) in [5.41, 5.74) is 6.82. The molecular weight excluding hydrogens is 253 g/mol. The summed E-state index contributed by atoms with van der Waals surface area (Å²) in [7, 11) is 0. The summed E-state index contributed by atoms with van der Waals surface area (Å²) < 4.78 is 13.7. The zero-order valence-electron chi connectivity index (χ0n) is 12.0. The lowest BCUT2D eigenvalue weighted by Gasteiger charge is -2.25. The van der Waals surface area contributed by atoms with Crippen LogP contribution in [0.15, 0.2) is 24.3 Å². The Morgan fingerprint density at radius 2 is 1.95 bits per heavy atom. The molecule has 0 aromatic heterocycles. The van der Waals surface area contributed by atoms with Crippen molar-refractivity contribution in [1.29, 1.82) is 0 Å². The molecule has 0 spiro atoms. The van der Waals surface area contributed by atoms with Crippen LogP contribution in [-0.4, -0.2) is 48.6 Å². The molecule has 2 aliphatic rings. The van der Waals surface area contributed by atoms with Gasteiger partial charge >= 0.3 is 0 Å². The molecule has 3 rings (SSSR count). The molecule has 1 aromatic carbocycles. The number of hydrogen-bond donors (Lipinski definition) is 1. The van der Waals surface area contributed by atoms with Crippen molar-refractivity contribution < 1.29 is 4.39 Å². The van der Waals surface area contributed by atoms with Gasteiger partial charge in [0, 0.05) is 30.7 Å². The van der Waals surface area contributed by atoms with E-state index in [1.54, 1.807) is 12.1 Å². The van der Waals surface area contributed by atoms with E-state index in [-0.39, 0.29) is 11.9 Å². The molecule has 110 valence electrons. The van der Waals surface area contributed by atoms with Gasteiger partial charge in [0.15, 0.2) is 0 Å². The van der Waals surface area contributed by atoms with Crippen LogP contribution in [0.1, 0.15) is 30.9 Å². The van der Waals surface area contributed by atoms with Crippen LogP contribution in [0.4, 0.5) is 4.39 Å². The van der Waals surface area contributed by atoms with E-state index in [9.17, 15) is 4.39 Å². The lowest BCUT2D eigenvalue weighted by atomic mass is 10.1. The van der Waals surface area contributed by atoms with Crippen LogP contribution >= 0.6 is 0 Å². The van der Waals surface area contributed by atoms with Gasteiger partial charge in [-0.15, -0.1) is 0 Å². The second-order valence-corrected chi connectivity index (χ2v) is 6.07. The van der Waals surface area contributed by atoms with Crippen LogP contribution in [0.25, 0.3) is 0 Å². The molecule has 2 fully saturated rings. The summed E-state index contributed by atoms with van der Waals surface area (Å²) in [5, 5.41) is 0. The van der Waals surface area contributed by atoms with Crippen molar-refractivity contribution in [3.63, 3.8) is 0 Å². The first-order chi connectivity index (χ1) is 9.74. The third-order valence-electron chi connectivity index (χ3n) is 4.66. The molecule has 0 bridgehead atoms.